The van der Waals surface area contributed by atoms with Crippen LogP contribution in [0.4, 0.5) is 21.0 Å². The predicted octanol–water partition coefficient (Wildman–Crippen LogP) is 4.35. The van der Waals surface area contributed by atoms with Gasteiger partial charge in [-0.05, 0) is 110 Å². The second kappa shape index (κ2) is 37.7. The number of hydrogen-bond acceptors (Lipinski definition) is 14. The van der Waals surface area contributed by atoms with Crippen molar-refractivity contribution in [1.82, 2.24) is 0 Å². The van der Waals surface area contributed by atoms with E-state index in [1.165, 1.54) is 62.8 Å². The lowest BCUT2D eigenvalue weighted by molar-refractivity contribution is 0.167. The third kappa shape index (κ3) is 33.6. The van der Waals surface area contributed by atoms with Crippen LogP contribution in [0, 0.1) is 47.4 Å². The first-order valence-electron chi connectivity index (χ1n) is 18.1. The Morgan fingerprint density at radius 3 is 0.953 bits per heavy atom. The zero-order chi connectivity index (χ0) is 48.5. The van der Waals surface area contributed by atoms with Crippen LogP contribution < -0.4 is 20.1 Å². The van der Waals surface area contributed by atoms with Gasteiger partial charge in [0, 0.05) is 11.4 Å². The van der Waals surface area contributed by atoms with Crippen molar-refractivity contribution in [2.24, 2.45) is 0 Å². The summed E-state index contributed by atoms with van der Waals surface area (Å²) in [6.07, 6.45) is -0.826. The van der Waals surface area contributed by atoms with Gasteiger partial charge in [-0.25, -0.2) is 9.59 Å². The van der Waals surface area contributed by atoms with Crippen LogP contribution >= 0.6 is 0 Å². The minimum Gasteiger partial charge on any atom is -0.497 e. The molecule has 0 spiro atoms. The summed E-state index contributed by atoms with van der Waals surface area (Å²) >= 11 is 0. The van der Waals surface area contributed by atoms with Crippen LogP contribution in [0.1, 0.15) is 13.8 Å². The van der Waals surface area contributed by atoms with Gasteiger partial charge in [0.25, 0.3) is 20.2 Å². The minimum absolute atomic E-state index is 0.136. The lowest BCUT2D eigenvalue weighted by Gasteiger charge is -2.03. The van der Waals surface area contributed by atoms with E-state index in [-0.39, 0.29) is 36.2 Å². The Kier molecular flexibility index (Phi) is 34.7. The number of amides is 2. The van der Waals surface area contributed by atoms with E-state index in [9.17, 15) is 26.4 Å². The number of carbonyl (C=O) groups is 2. The van der Waals surface area contributed by atoms with Gasteiger partial charge < -0.3 is 39.4 Å². The van der Waals surface area contributed by atoms with Crippen LogP contribution in [0.25, 0.3) is 0 Å². The van der Waals surface area contributed by atoms with Gasteiger partial charge in [0.05, 0.1) is 37.2 Å². The van der Waals surface area contributed by atoms with Gasteiger partial charge in [-0.2, -0.15) is 16.8 Å². The van der Waals surface area contributed by atoms with Gasteiger partial charge in [0.1, 0.15) is 37.9 Å². The van der Waals surface area contributed by atoms with Crippen molar-refractivity contribution in [2.75, 3.05) is 64.5 Å². The van der Waals surface area contributed by atoms with Crippen molar-refractivity contribution in [1.29, 1.82) is 0 Å². The fourth-order valence-corrected chi connectivity index (χ4v) is 4.40. The van der Waals surface area contributed by atoms with E-state index >= 15 is 0 Å². The van der Waals surface area contributed by atoms with Gasteiger partial charge >= 0.3 is 12.2 Å². The molecule has 0 aliphatic rings. The van der Waals surface area contributed by atoms with Crippen molar-refractivity contribution >= 4 is 43.8 Å². The number of benzene rings is 4. The average Bonchev–Trinajstić information content (AvgIpc) is 3.28. The highest BCUT2D eigenvalue weighted by atomic mass is 32.2. The molecule has 344 valence electrons. The number of methoxy groups -OCH3 is 2. The van der Waals surface area contributed by atoms with Crippen LogP contribution in [0.2, 0.25) is 0 Å². The number of hydrogen-bond donors (Lipinski definition) is 8. The number of anilines is 2. The zero-order valence-corrected chi connectivity index (χ0v) is 36.9. The first-order valence-corrected chi connectivity index (χ1v) is 21.0. The average molecular weight is 927 g/mol. The zero-order valence-electron chi connectivity index (χ0n) is 35.2. The molecule has 0 aromatic heterocycles. The quantitative estimate of drug-likeness (QED) is 0.0901. The number of carbonyl (C=O) groups excluding carboxylic acids is 2. The number of rotatable bonds is 8. The summed E-state index contributed by atoms with van der Waals surface area (Å²) in [5.74, 6) is 19.6. The summed E-state index contributed by atoms with van der Waals surface area (Å²) < 4.78 is 78.4. The molecular weight excluding hydrogens is 877 g/mol. The normalized spacial score (nSPS) is 9.03. The van der Waals surface area contributed by atoms with Gasteiger partial charge in [-0.3, -0.25) is 19.7 Å². The molecule has 64 heavy (non-hydrogen) atoms. The summed E-state index contributed by atoms with van der Waals surface area (Å²) in [6.45, 7) is 3.59. The molecule has 4 rings (SSSR count). The molecule has 0 aliphatic heterocycles. The molecule has 0 fully saturated rings. The molecule has 0 radical (unpaired) electrons. The van der Waals surface area contributed by atoms with Crippen molar-refractivity contribution in [3.8, 4) is 58.9 Å². The van der Waals surface area contributed by atoms with Gasteiger partial charge in [0.15, 0.2) is 0 Å². The Morgan fingerprint density at radius 2 is 0.750 bits per heavy atom. The maximum Gasteiger partial charge on any atom is 0.411 e. The Labute approximate surface area is 373 Å². The second-order valence-corrected chi connectivity index (χ2v) is 13.4. The molecule has 0 unspecified atom stereocenters. The lowest BCUT2D eigenvalue weighted by atomic mass is 10.3. The van der Waals surface area contributed by atoms with Crippen molar-refractivity contribution in [2.45, 2.75) is 23.6 Å². The third-order valence-corrected chi connectivity index (χ3v) is 7.84. The Bertz CT molecular complexity index is 2160. The maximum atomic E-state index is 10.9. The predicted molar refractivity (Wildman–Crippen MR) is 239 cm³/mol. The smallest absolute Gasteiger partial charge is 0.411 e. The third-order valence-electron chi connectivity index (χ3n) is 6.10. The molecule has 0 saturated carbocycles. The molecule has 8 N–H and O–H groups in total. The van der Waals surface area contributed by atoms with Gasteiger partial charge in [0.2, 0.25) is 0 Å². The van der Waals surface area contributed by atoms with E-state index in [0.717, 1.165) is 11.4 Å². The molecule has 0 saturated heterocycles. The Balaban J connectivity index is 0. The fraction of sp³-hybridized carbons (Fsp3) is 0.227. The SMILES string of the molecule is CCOC(=O)Nc1ccccc1.CCOC(=O)Nc1ccccc1.COc1ccc(S(=O)(=O)O)cc1.COc1ccc(S(=O)(=O)O)cc1.OCC#CC#CCO.OCC#CC#CCO. The van der Waals surface area contributed by atoms with E-state index in [1.54, 1.807) is 38.1 Å². The first-order chi connectivity index (χ1) is 30.6. The first kappa shape index (κ1) is 59.0. The second-order valence-electron chi connectivity index (χ2n) is 10.6. The number of ether oxygens (including phenoxy) is 4. The Morgan fingerprint density at radius 1 is 0.484 bits per heavy atom. The number of aliphatic hydroxyl groups excluding tert-OH is 4. The highest BCUT2D eigenvalue weighted by molar-refractivity contribution is 7.86. The monoisotopic (exact) mass is 926 g/mol. The fourth-order valence-electron chi connectivity index (χ4n) is 3.44. The van der Waals surface area contributed by atoms with Crippen LogP contribution in [0.5, 0.6) is 11.5 Å². The number of aliphatic hydroxyl groups is 4. The van der Waals surface area contributed by atoms with E-state index in [1.807, 2.05) is 36.4 Å². The summed E-state index contributed by atoms with van der Waals surface area (Å²) in [5.41, 5.74) is 1.49. The summed E-state index contributed by atoms with van der Waals surface area (Å²) in [6, 6.07) is 29.3. The highest BCUT2D eigenvalue weighted by Crippen LogP contribution is 2.15. The summed E-state index contributed by atoms with van der Waals surface area (Å²) in [5, 5.41) is 37.4. The maximum absolute atomic E-state index is 10.9. The van der Waals surface area contributed by atoms with Gasteiger partial charge in [-0.15, -0.1) is 0 Å². The van der Waals surface area contributed by atoms with E-state index in [0.29, 0.717) is 24.7 Å². The number of nitrogens with one attached hydrogen (secondary N) is 2. The molecule has 0 atom stereocenters. The standard InChI is InChI=1S/2C9H11NO2.2C7H8O4S.2C6H6O2/c2*1-2-12-9(11)10-8-6-4-3-5-7-8;2*1-11-6-2-4-7(5-3-6)12(8,9)10;2*7-5-3-1-2-4-6-8/h2*3-7H,2H2,1H3,(H,10,11);2*2-5H,1H3,(H,8,9,10);2*7-8H,5-6H2. The minimum atomic E-state index is -4.08. The molecule has 4 aromatic rings. The molecule has 20 heteroatoms. The highest BCUT2D eigenvalue weighted by Gasteiger charge is 2.09. The molecule has 4 aromatic carbocycles. The lowest BCUT2D eigenvalue weighted by Crippen LogP contribution is -2.12. The van der Waals surface area contributed by atoms with E-state index < -0.39 is 32.4 Å². The van der Waals surface area contributed by atoms with Crippen molar-refractivity contribution in [3.05, 3.63) is 109 Å². The molecule has 0 aliphatic carbocycles. The van der Waals surface area contributed by atoms with E-state index in [4.69, 9.17) is 48.5 Å². The molecule has 2 amide bonds. The largest absolute Gasteiger partial charge is 0.497 e. The Hall–Kier alpha value is -7.08. The van der Waals surface area contributed by atoms with Crippen molar-refractivity contribution < 1.29 is 74.9 Å². The van der Waals surface area contributed by atoms with Crippen LogP contribution in [-0.4, -0.2) is 112 Å². The van der Waals surface area contributed by atoms with Crippen LogP contribution in [-0.2, 0) is 29.7 Å². The van der Waals surface area contributed by atoms with Crippen molar-refractivity contribution in [3.63, 3.8) is 0 Å². The number of para-hydroxylation sites is 2. The topological polar surface area (TPSA) is 285 Å². The van der Waals surface area contributed by atoms with Crippen LogP contribution in [0.3, 0.4) is 0 Å². The molecular formula is C44H50N2O16S2. The van der Waals surface area contributed by atoms with Gasteiger partial charge in [-0.1, -0.05) is 60.1 Å². The summed E-state index contributed by atoms with van der Waals surface area (Å²) in [7, 11) is -5.22. The van der Waals surface area contributed by atoms with E-state index in [2.05, 4.69) is 58.0 Å². The molecule has 0 heterocycles. The molecule has 0 bridgehead atoms. The van der Waals surface area contributed by atoms with Crippen LogP contribution in [0.15, 0.2) is 119 Å². The molecule has 18 nitrogen and oxygen atoms in total. The summed E-state index contributed by atoms with van der Waals surface area (Å²) in [4.78, 5) is 21.5.